The van der Waals surface area contributed by atoms with Crippen molar-refractivity contribution in [1.82, 2.24) is 4.90 Å². The van der Waals surface area contributed by atoms with Crippen molar-refractivity contribution in [2.24, 2.45) is 0 Å². The van der Waals surface area contributed by atoms with Crippen molar-refractivity contribution in [3.05, 3.63) is 35.4 Å². The van der Waals surface area contributed by atoms with Gasteiger partial charge in [0, 0.05) is 31.3 Å². The SMILES string of the molecule is Cc1cccc(/C=C/C(=O)O)c1OCCN1CCOCC1. The Morgan fingerprint density at radius 1 is 1.43 bits per heavy atom. The van der Waals surface area contributed by atoms with Crippen LogP contribution in [0.25, 0.3) is 6.08 Å². The van der Waals surface area contributed by atoms with E-state index in [0.717, 1.165) is 55.8 Å². The van der Waals surface area contributed by atoms with E-state index in [1.54, 1.807) is 6.08 Å². The van der Waals surface area contributed by atoms with Gasteiger partial charge in [-0.15, -0.1) is 0 Å². The maximum absolute atomic E-state index is 10.6. The van der Waals surface area contributed by atoms with Gasteiger partial charge in [-0.1, -0.05) is 18.2 Å². The first-order valence-electron chi connectivity index (χ1n) is 7.10. The summed E-state index contributed by atoms with van der Waals surface area (Å²) in [6, 6.07) is 5.71. The zero-order chi connectivity index (χ0) is 15.1. The van der Waals surface area contributed by atoms with Gasteiger partial charge in [-0.2, -0.15) is 0 Å². The van der Waals surface area contributed by atoms with E-state index < -0.39 is 5.97 Å². The average molecular weight is 291 g/mol. The zero-order valence-corrected chi connectivity index (χ0v) is 12.2. The maximum Gasteiger partial charge on any atom is 0.328 e. The Morgan fingerprint density at radius 3 is 2.90 bits per heavy atom. The average Bonchev–Trinajstić information content (AvgIpc) is 2.48. The Bertz CT molecular complexity index is 507. The first-order chi connectivity index (χ1) is 10.2. The molecule has 0 atom stereocenters. The molecule has 1 aliphatic rings. The first kappa shape index (κ1) is 15.5. The molecule has 0 spiro atoms. The number of hydrogen-bond donors (Lipinski definition) is 1. The third-order valence-corrected chi connectivity index (χ3v) is 3.41. The van der Waals surface area contributed by atoms with Crippen molar-refractivity contribution in [2.75, 3.05) is 39.5 Å². The number of morpholine rings is 1. The topological polar surface area (TPSA) is 59.0 Å². The minimum absolute atomic E-state index is 0.582. The van der Waals surface area contributed by atoms with Gasteiger partial charge in [0.2, 0.25) is 0 Å². The second kappa shape index (κ2) is 7.81. The normalized spacial score (nSPS) is 16.2. The number of para-hydroxylation sites is 1. The summed E-state index contributed by atoms with van der Waals surface area (Å²) in [5.41, 5.74) is 1.80. The minimum atomic E-state index is -0.962. The molecular formula is C16H21NO4. The summed E-state index contributed by atoms with van der Waals surface area (Å²) >= 11 is 0. The molecule has 1 heterocycles. The molecule has 1 aromatic carbocycles. The van der Waals surface area contributed by atoms with Crippen molar-refractivity contribution in [3.8, 4) is 5.75 Å². The van der Waals surface area contributed by atoms with Crippen molar-refractivity contribution in [3.63, 3.8) is 0 Å². The quantitative estimate of drug-likeness (QED) is 0.810. The summed E-state index contributed by atoms with van der Waals surface area (Å²) in [6.07, 6.45) is 2.70. The van der Waals surface area contributed by atoms with Crippen LogP contribution >= 0.6 is 0 Å². The minimum Gasteiger partial charge on any atom is -0.491 e. The van der Waals surface area contributed by atoms with Crippen LogP contribution in [-0.4, -0.2) is 55.4 Å². The Labute approximate surface area is 124 Å². The van der Waals surface area contributed by atoms with Crippen molar-refractivity contribution >= 4 is 12.0 Å². The highest BCUT2D eigenvalue weighted by Gasteiger charge is 2.11. The summed E-state index contributed by atoms with van der Waals surface area (Å²) in [4.78, 5) is 12.9. The predicted molar refractivity (Wildman–Crippen MR) is 80.6 cm³/mol. The second-order valence-corrected chi connectivity index (χ2v) is 4.97. The molecule has 0 amide bonds. The molecule has 5 nitrogen and oxygen atoms in total. The van der Waals surface area contributed by atoms with Gasteiger partial charge >= 0.3 is 5.97 Å². The summed E-state index contributed by atoms with van der Waals surface area (Å²) in [5, 5.41) is 8.74. The van der Waals surface area contributed by atoms with Crippen molar-refractivity contribution in [1.29, 1.82) is 0 Å². The van der Waals surface area contributed by atoms with Gasteiger partial charge in [0.25, 0.3) is 0 Å². The molecule has 114 valence electrons. The van der Waals surface area contributed by atoms with Crippen LogP contribution in [0.2, 0.25) is 0 Å². The number of aliphatic carboxylic acids is 1. The smallest absolute Gasteiger partial charge is 0.328 e. The number of carbonyl (C=O) groups is 1. The first-order valence-corrected chi connectivity index (χ1v) is 7.10. The van der Waals surface area contributed by atoms with Gasteiger partial charge in [0.1, 0.15) is 12.4 Å². The molecule has 0 aromatic heterocycles. The molecule has 2 rings (SSSR count). The van der Waals surface area contributed by atoms with E-state index in [4.69, 9.17) is 14.6 Å². The van der Waals surface area contributed by atoms with Crippen LogP contribution in [0.5, 0.6) is 5.75 Å². The molecule has 1 saturated heterocycles. The Morgan fingerprint density at radius 2 is 2.19 bits per heavy atom. The summed E-state index contributed by atoms with van der Waals surface area (Å²) < 4.78 is 11.2. The number of benzene rings is 1. The molecule has 0 radical (unpaired) electrons. The fourth-order valence-corrected chi connectivity index (χ4v) is 2.27. The van der Waals surface area contributed by atoms with Crippen LogP contribution in [0.15, 0.2) is 24.3 Å². The molecule has 0 bridgehead atoms. The van der Waals surface area contributed by atoms with Crippen LogP contribution < -0.4 is 4.74 Å². The molecule has 0 unspecified atom stereocenters. The lowest BCUT2D eigenvalue weighted by Gasteiger charge is -2.26. The maximum atomic E-state index is 10.6. The number of ether oxygens (including phenoxy) is 2. The largest absolute Gasteiger partial charge is 0.491 e. The third-order valence-electron chi connectivity index (χ3n) is 3.41. The third kappa shape index (κ3) is 4.88. The van der Waals surface area contributed by atoms with E-state index >= 15 is 0 Å². The van der Waals surface area contributed by atoms with Gasteiger partial charge in [0.15, 0.2) is 0 Å². The standard InChI is InChI=1S/C16H21NO4/c1-13-3-2-4-14(5-6-15(18)19)16(13)21-12-9-17-7-10-20-11-8-17/h2-6H,7-12H2,1H3,(H,18,19)/b6-5+. The van der Waals surface area contributed by atoms with Gasteiger partial charge in [-0.05, 0) is 18.6 Å². The lowest BCUT2D eigenvalue weighted by atomic mass is 10.1. The number of nitrogens with zero attached hydrogens (tertiary/aromatic N) is 1. The summed E-state index contributed by atoms with van der Waals surface area (Å²) in [6.45, 7) is 6.81. The highest BCUT2D eigenvalue weighted by atomic mass is 16.5. The molecule has 1 aliphatic heterocycles. The van der Waals surface area contributed by atoms with E-state index in [1.807, 2.05) is 25.1 Å². The van der Waals surface area contributed by atoms with Gasteiger partial charge in [-0.25, -0.2) is 4.79 Å². The van der Waals surface area contributed by atoms with Crippen LogP contribution in [0.3, 0.4) is 0 Å². The number of rotatable bonds is 6. The van der Waals surface area contributed by atoms with Crippen LogP contribution in [0, 0.1) is 6.92 Å². The van der Waals surface area contributed by atoms with Crippen molar-refractivity contribution in [2.45, 2.75) is 6.92 Å². The number of carboxylic acids is 1. The van der Waals surface area contributed by atoms with Gasteiger partial charge in [0.05, 0.1) is 13.2 Å². The van der Waals surface area contributed by atoms with Crippen LogP contribution in [0.1, 0.15) is 11.1 Å². The number of aryl methyl sites for hydroxylation is 1. The molecule has 1 fully saturated rings. The molecule has 0 aliphatic carbocycles. The summed E-state index contributed by atoms with van der Waals surface area (Å²) in [7, 11) is 0. The monoisotopic (exact) mass is 291 g/mol. The molecule has 5 heteroatoms. The van der Waals surface area contributed by atoms with E-state index in [-0.39, 0.29) is 0 Å². The highest BCUT2D eigenvalue weighted by Crippen LogP contribution is 2.24. The van der Waals surface area contributed by atoms with Gasteiger partial charge < -0.3 is 14.6 Å². The Hall–Kier alpha value is -1.85. The van der Waals surface area contributed by atoms with Crippen molar-refractivity contribution < 1.29 is 19.4 Å². The van der Waals surface area contributed by atoms with Crippen LogP contribution in [0.4, 0.5) is 0 Å². The van der Waals surface area contributed by atoms with Gasteiger partial charge in [-0.3, -0.25) is 4.90 Å². The van der Waals surface area contributed by atoms with Crippen LogP contribution in [-0.2, 0) is 9.53 Å². The van der Waals surface area contributed by atoms with E-state index in [1.165, 1.54) is 0 Å². The molecule has 0 saturated carbocycles. The molecular weight excluding hydrogens is 270 g/mol. The number of carboxylic acid groups (broad SMARTS) is 1. The summed E-state index contributed by atoms with van der Waals surface area (Å²) in [5.74, 6) is -0.209. The lowest BCUT2D eigenvalue weighted by Crippen LogP contribution is -2.38. The van der Waals surface area contributed by atoms with E-state index in [2.05, 4.69) is 4.90 Å². The fourth-order valence-electron chi connectivity index (χ4n) is 2.27. The number of hydrogen-bond acceptors (Lipinski definition) is 4. The zero-order valence-electron chi connectivity index (χ0n) is 12.2. The molecule has 21 heavy (non-hydrogen) atoms. The van der Waals surface area contributed by atoms with E-state index in [0.29, 0.717) is 6.61 Å². The van der Waals surface area contributed by atoms with E-state index in [9.17, 15) is 4.79 Å². The Kier molecular flexibility index (Phi) is 5.78. The molecule has 1 N–H and O–H groups in total. The Balaban J connectivity index is 1.96. The lowest BCUT2D eigenvalue weighted by molar-refractivity contribution is -0.131. The molecule has 1 aromatic rings. The predicted octanol–water partition coefficient (Wildman–Crippen LogP) is 1.80. The fraction of sp³-hybridized carbons (Fsp3) is 0.438. The second-order valence-electron chi connectivity index (χ2n) is 4.97. The highest BCUT2D eigenvalue weighted by molar-refractivity contribution is 5.86.